The number of hydrogen-bond donors (Lipinski definition) is 0. The van der Waals surface area contributed by atoms with Crippen LogP contribution in [0.2, 0.25) is 0 Å². The third kappa shape index (κ3) is 1.78. The Labute approximate surface area is 85.6 Å². The van der Waals surface area contributed by atoms with Crippen molar-refractivity contribution in [3.63, 3.8) is 0 Å². The highest BCUT2D eigenvalue weighted by Gasteiger charge is 2.27. The predicted octanol–water partition coefficient (Wildman–Crippen LogP) is -0.0728. The summed E-state index contributed by atoms with van der Waals surface area (Å²) in [5.74, 6) is -0.114. The molecule has 78 valence electrons. The van der Waals surface area contributed by atoms with Gasteiger partial charge >= 0.3 is 0 Å². The van der Waals surface area contributed by atoms with Gasteiger partial charge in [-0.2, -0.15) is 4.98 Å². The van der Waals surface area contributed by atoms with Gasteiger partial charge in [-0.1, -0.05) is 5.16 Å². The molecule has 2 heterocycles. The zero-order chi connectivity index (χ0) is 10.8. The van der Waals surface area contributed by atoms with Crippen LogP contribution in [0, 0.1) is 0 Å². The van der Waals surface area contributed by atoms with E-state index in [1.54, 1.807) is 6.92 Å². The second-order valence-electron chi connectivity index (χ2n) is 3.21. The monoisotopic (exact) mass is 207 g/mol. The zero-order valence-corrected chi connectivity index (χ0v) is 8.14. The predicted molar refractivity (Wildman–Crippen MR) is 48.5 cm³/mol. The SMILES string of the molecule is CC1=CC(=O)N(CCc2ncno2)C1=O. The summed E-state index contributed by atoms with van der Waals surface area (Å²) >= 11 is 0. The van der Waals surface area contributed by atoms with E-state index in [2.05, 4.69) is 10.1 Å². The van der Waals surface area contributed by atoms with Crippen LogP contribution >= 0.6 is 0 Å². The molecule has 1 aliphatic heterocycles. The molecule has 0 fully saturated rings. The summed E-state index contributed by atoms with van der Waals surface area (Å²) in [5.41, 5.74) is 0.463. The lowest BCUT2D eigenvalue weighted by molar-refractivity contribution is -0.137. The fourth-order valence-electron chi connectivity index (χ4n) is 1.36. The number of carbonyl (C=O) groups is 2. The highest BCUT2D eigenvalue weighted by Crippen LogP contribution is 2.12. The number of amides is 2. The summed E-state index contributed by atoms with van der Waals surface area (Å²) in [6.45, 7) is 1.89. The smallest absolute Gasteiger partial charge is 0.256 e. The molecular formula is C9H9N3O3. The van der Waals surface area contributed by atoms with Gasteiger partial charge in [-0.05, 0) is 6.92 Å². The fraction of sp³-hybridized carbons (Fsp3) is 0.333. The van der Waals surface area contributed by atoms with Crippen LogP contribution in [-0.4, -0.2) is 33.4 Å². The number of rotatable bonds is 3. The van der Waals surface area contributed by atoms with Crippen LogP contribution in [0.25, 0.3) is 0 Å². The lowest BCUT2D eigenvalue weighted by atomic mass is 10.3. The largest absolute Gasteiger partial charge is 0.340 e. The van der Waals surface area contributed by atoms with Crippen molar-refractivity contribution in [2.75, 3.05) is 6.54 Å². The Morgan fingerprint density at radius 1 is 1.47 bits per heavy atom. The molecule has 2 rings (SSSR count). The average molecular weight is 207 g/mol. The molecule has 0 aromatic carbocycles. The lowest BCUT2D eigenvalue weighted by Crippen LogP contribution is -2.32. The maximum absolute atomic E-state index is 11.4. The topological polar surface area (TPSA) is 76.3 Å². The van der Waals surface area contributed by atoms with E-state index in [9.17, 15) is 9.59 Å². The molecule has 1 aromatic heterocycles. The van der Waals surface area contributed by atoms with Gasteiger partial charge in [0.2, 0.25) is 5.89 Å². The molecule has 1 aromatic rings. The van der Waals surface area contributed by atoms with Crippen LogP contribution in [-0.2, 0) is 16.0 Å². The third-order valence-corrected chi connectivity index (χ3v) is 2.14. The molecule has 0 bridgehead atoms. The molecular weight excluding hydrogens is 198 g/mol. The Balaban J connectivity index is 1.97. The number of carbonyl (C=O) groups excluding carboxylic acids is 2. The van der Waals surface area contributed by atoms with Crippen molar-refractivity contribution < 1.29 is 14.1 Å². The number of aromatic nitrogens is 2. The van der Waals surface area contributed by atoms with Gasteiger partial charge < -0.3 is 4.52 Å². The standard InChI is InChI=1S/C9H9N3O3/c1-6-4-8(13)12(9(6)14)3-2-7-10-5-11-15-7/h4-5H,2-3H2,1H3. The van der Waals surface area contributed by atoms with Gasteiger partial charge in [-0.25, -0.2) is 0 Å². The first kappa shape index (κ1) is 9.57. The van der Waals surface area contributed by atoms with E-state index in [0.717, 1.165) is 0 Å². The van der Waals surface area contributed by atoms with Gasteiger partial charge in [-0.3, -0.25) is 14.5 Å². The van der Waals surface area contributed by atoms with Gasteiger partial charge in [0.25, 0.3) is 11.8 Å². The van der Waals surface area contributed by atoms with Crippen LogP contribution < -0.4 is 0 Å². The summed E-state index contributed by atoms with van der Waals surface area (Å²) in [5, 5.41) is 3.43. The van der Waals surface area contributed by atoms with Gasteiger partial charge in [0.1, 0.15) is 0 Å². The molecule has 1 aliphatic rings. The van der Waals surface area contributed by atoms with Gasteiger partial charge in [0.15, 0.2) is 6.33 Å². The Morgan fingerprint density at radius 2 is 2.27 bits per heavy atom. The van der Waals surface area contributed by atoms with Crippen molar-refractivity contribution in [3.05, 3.63) is 23.9 Å². The van der Waals surface area contributed by atoms with Crippen molar-refractivity contribution in [1.82, 2.24) is 15.0 Å². The summed E-state index contributed by atoms with van der Waals surface area (Å²) < 4.78 is 4.76. The van der Waals surface area contributed by atoms with Crippen LogP contribution in [0.4, 0.5) is 0 Å². The zero-order valence-electron chi connectivity index (χ0n) is 8.14. The van der Waals surface area contributed by atoms with Crippen molar-refractivity contribution in [1.29, 1.82) is 0 Å². The average Bonchev–Trinajstić information content (AvgIpc) is 2.76. The van der Waals surface area contributed by atoms with E-state index >= 15 is 0 Å². The lowest BCUT2D eigenvalue weighted by Gasteiger charge is -2.12. The highest BCUT2D eigenvalue weighted by molar-refractivity contribution is 6.15. The molecule has 2 amide bonds. The third-order valence-electron chi connectivity index (χ3n) is 2.14. The molecule has 0 saturated heterocycles. The minimum Gasteiger partial charge on any atom is -0.340 e. The summed E-state index contributed by atoms with van der Waals surface area (Å²) in [7, 11) is 0. The summed E-state index contributed by atoms with van der Waals surface area (Å²) in [6, 6.07) is 0. The minimum absolute atomic E-state index is 0.250. The molecule has 6 nitrogen and oxygen atoms in total. The molecule has 0 spiro atoms. The van der Waals surface area contributed by atoms with Crippen molar-refractivity contribution in [2.45, 2.75) is 13.3 Å². The highest BCUT2D eigenvalue weighted by atomic mass is 16.5. The Kier molecular flexibility index (Phi) is 2.32. The first-order valence-corrected chi connectivity index (χ1v) is 4.48. The first-order chi connectivity index (χ1) is 7.18. The number of nitrogens with zero attached hydrogens (tertiary/aromatic N) is 3. The maximum Gasteiger partial charge on any atom is 0.256 e. The van der Waals surface area contributed by atoms with E-state index in [1.165, 1.54) is 17.3 Å². The summed E-state index contributed by atoms with van der Waals surface area (Å²) in [6.07, 6.45) is 3.00. The van der Waals surface area contributed by atoms with Crippen LogP contribution in [0.5, 0.6) is 0 Å². The van der Waals surface area contributed by atoms with E-state index < -0.39 is 0 Å². The molecule has 0 N–H and O–H groups in total. The maximum atomic E-state index is 11.4. The summed E-state index contributed by atoms with van der Waals surface area (Å²) in [4.78, 5) is 27.7. The van der Waals surface area contributed by atoms with Crippen molar-refractivity contribution in [3.8, 4) is 0 Å². The van der Waals surface area contributed by atoms with Gasteiger partial charge in [-0.15, -0.1) is 0 Å². The Morgan fingerprint density at radius 3 is 2.80 bits per heavy atom. The van der Waals surface area contributed by atoms with Gasteiger partial charge in [0.05, 0.1) is 0 Å². The fourth-order valence-corrected chi connectivity index (χ4v) is 1.36. The second kappa shape index (κ2) is 3.64. The van der Waals surface area contributed by atoms with Crippen LogP contribution in [0.3, 0.4) is 0 Å². The molecule has 0 atom stereocenters. The molecule has 0 radical (unpaired) electrons. The van der Waals surface area contributed by atoms with Crippen molar-refractivity contribution >= 4 is 11.8 Å². The van der Waals surface area contributed by atoms with E-state index in [4.69, 9.17) is 4.52 Å². The normalized spacial score (nSPS) is 16.1. The number of imide groups is 1. The van der Waals surface area contributed by atoms with Crippen LogP contribution in [0.1, 0.15) is 12.8 Å². The molecule has 15 heavy (non-hydrogen) atoms. The minimum atomic E-state index is -0.281. The Hall–Kier alpha value is -1.98. The molecule has 6 heteroatoms. The Bertz CT molecular complexity index is 422. The van der Waals surface area contributed by atoms with Crippen molar-refractivity contribution in [2.24, 2.45) is 0 Å². The first-order valence-electron chi connectivity index (χ1n) is 4.48. The molecule has 0 unspecified atom stereocenters. The number of hydrogen-bond acceptors (Lipinski definition) is 5. The van der Waals surface area contributed by atoms with Crippen LogP contribution in [0.15, 0.2) is 22.5 Å². The molecule has 0 aliphatic carbocycles. The second-order valence-corrected chi connectivity index (χ2v) is 3.21. The van der Waals surface area contributed by atoms with E-state index in [1.807, 2.05) is 0 Å². The van der Waals surface area contributed by atoms with E-state index in [0.29, 0.717) is 17.9 Å². The quantitative estimate of drug-likeness (QED) is 0.648. The molecule has 0 saturated carbocycles. The van der Waals surface area contributed by atoms with E-state index in [-0.39, 0.29) is 18.4 Å². The van der Waals surface area contributed by atoms with Gasteiger partial charge in [0, 0.05) is 24.6 Å².